The minimum Gasteiger partial charge on any atom is -0.384 e. The van der Waals surface area contributed by atoms with Crippen LogP contribution in [0.15, 0.2) is 17.0 Å². The Morgan fingerprint density at radius 2 is 2.47 bits per heavy atom. The van der Waals surface area contributed by atoms with Gasteiger partial charge in [0.2, 0.25) is 0 Å². The monoisotopic (exact) mass is 271 g/mol. The molecule has 1 aromatic heterocycles. The fraction of sp³-hybridized carbons (Fsp3) is 0.600. The SMILES string of the molecule is COCC1CCN(c2cc(Br)ncn2)C1. The summed E-state index contributed by atoms with van der Waals surface area (Å²) in [6, 6.07) is 1.95. The second-order valence-corrected chi connectivity index (χ2v) is 4.57. The van der Waals surface area contributed by atoms with E-state index in [1.54, 1.807) is 13.4 Å². The second-order valence-electron chi connectivity index (χ2n) is 3.75. The van der Waals surface area contributed by atoms with Crippen LogP contribution in [0, 0.1) is 5.92 Å². The van der Waals surface area contributed by atoms with Gasteiger partial charge in [-0.05, 0) is 22.4 Å². The summed E-state index contributed by atoms with van der Waals surface area (Å²) in [6.45, 7) is 2.91. The zero-order valence-electron chi connectivity index (χ0n) is 8.69. The Balaban J connectivity index is 2.01. The summed E-state index contributed by atoms with van der Waals surface area (Å²) in [4.78, 5) is 10.6. The van der Waals surface area contributed by atoms with E-state index in [0.717, 1.165) is 30.1 Å². The van der Waals surface area contributed by atoms with Crippen LogP contribution in [-0.2, 0) is 4.74 Å². The Bertz CT molecular complexity index is 334. The summed E-state index contributed by atoms with van der Waals surface area (Å²) < 4.78 is 6.00. The number of ether oxygens (including phenoxy) is 1. The van der Waals surface area contributed by atoms with Crippen LogP contribution in [0.2, 0.25) is 0 Å². The third-order valence-corrected chi connectivity index (χ3v) is 3.07. The van der Waals surface area contributed by atoms with Crippen molar-refractivity contribution in [2.75, 3.05) is 31.7 Å². The first-order valence-corrected chi connectivity index (χ1v) is 5.80. The molecule has 2 rings (SSSR count). The summed E-state index contributed by atoms with van der Waals surface area (Å²) in [5, 5.41) is 0. The molecule has 1 atom stereocenters. The standard InChI is InChI=1S/C10H14BrN3O/c1-15-6-8-2-3-14(5-8)10-4-9(11)12-7-13-10/h4,7-8H,2-3,5-6H2,1H3. The molecule has 2 heterocycles. The molecule has 1 saturated heterocycles. The van der Waals surface area contributed by atoms with Crippen LogP contribution in [0.3, 0.4) is 0 Å². The smallest absolute Gasteiger partial charge is 0.133 e. The van der Waals surface area contributed by atoms with Gasteiger partial charge in [-0.1, -0.05) is 0 Å². The molecule has 0 aromatic carbocycles. The molecule has 15 heavy (non-hydrogen) atoms. The second kappa shape index (κ2) is 4.90. The van der Waals surface area contributed by atoms with Crippen molar-refractivity contribution in [3.05, 3.63) is 17.0 Å². The largest absolute Gasteiger partial charge is 0.384 e. The van der Waals surface area contributed by atoms with Crippen LogP contribution >= 0.6 is 15.9 Å². The molecule has 1 aliphatic heterocycles. The zero-order chi connectivity index (χ0) is 10.7. The van der Waals surface area contributed by atoms with E-state index in [2.05, 4.69) is 30.8 Å². The highest BCUT2D eigenvalue weighted by Gasteiger charge is 2.23. The molecule has 0 bridgehead atoms. The van der Waals surface area contributed by atoms with Crippen LogP contribution in [-0.4, -0.2) is 36.8 Å². The summed E-state index contributed by atoms with van der Waals surface area (Å²) >= 11 is 3.35. The minimum absolute atomic E-state index is 0.628. The van der Waals surface area contributed by atoms with Gasteiger partial charge >= 0.3 is 0 Å². The summed E-state index contributed by atoms with van der Waals surface area (Å²) in [5.41, 5.74) is 0. The highest BCUT2D eigenvalue weighted by Crippen LogP contribution is 2.23. The third kappa shape index (κ3) is 2.66. The van der Waals surface area contributed by atoms with Gasteiger partial charge in [-0.15, -0.1) is 0 Å². The average Bonchev–Trinajstić information content (AvgIpc) is 2.67. The quantitative estimate of drug-likeness (QED) is 0.785. The van der Waals surface area contributed by atoms with Gasteiger partial charge in [-0.25, -0.2) is 9.97 Å². The molecular weight excluding hydrogens is 258 g/mol. The van der Waals surface area contributed by atoms with Crippen molar-refractivity contribution in [3.8, 4) is 0 Å². The lowest BCUT2D eigenvalue weighted by atomic mass is 10.1. The molecule has 0 radical (unpaired) electrons. The maximum Gasteiger partial charge on any atom is 0.133 e. The van der Waals surface area contributed by atoms with Crippen molar-refractivity contribution in [2.24, 2.45) is 5.92 Å². The molecule has 0 spiro atoms. The number of nitrogens with zero attached hydrogens (tertiary/aromatic N) is 3. The number of aromatic nitrogens is 2. The van der Waals surface area contributed by atoms with Crippen molar-refractivity contribution in [3.63, 3.8) is 0 Å². The lowest BCUT2D eigenvalue weighted by Crippen LogP contribution is -2.22. The van der Waals surface area contributed by atoms with E-state index in [1.165, 1.54) is 6.42 Å². The average molecular weight is 272 g/mol. The number of anilines is 1. The van der Waals surface area contributed by atoms with Crippen molar-refractivity contribution in [1.29, 1.82) is 0 Å². The Labute approximate surface area is 97.8 Å². The Hall–Kier alpha value is -0.680. The Morgan fingerprint density at radius 3 is 3.20 bits per heavy atom. The number of hydrogen-bond donors (Lipinski definition) is 0. The zero-order valence-corrected chi connectivity index (χ0v) is 10.3. The molecule has 0 aliphatic carbocycles. The molecule has 0 N–H and O–H groups in total. The molecule has 1 unspecified atom stereocenters. The van der Waals surface area contributed by atoms with Crippen LogP contribution < -0.4 is 4.90 Å². The number of rotatable bonds is 3. The van der Waals surface area contributed by atoms with Gasteiger partial charge in [0.15, 0.2) is 0 Å². The fourth-order valence-electron chi connectivity index (χ4n) is 1.91. The molecule has 5 heteroatoms. The van der Waals surface area contributed by atoms with Gasteiger partial charge in [0.05, 0.1) is 6.61 Å². The summed E-state index contributed by atoms with van der Waals surface area (Å²) in [7, 11) is 1.75. The maximum atomic E-state index is 5.16. The molecule has 0 amide bonds. The van der Waals surface area contributed by atoms with Crippen molar-refractivity contribution < 1.29 is 4.74 Å². The van der Waals surface area contributed by atoms with E-state index in [9.17, 15) is 0 Å². The van der Waals surface area contributed by atoms with E-state index >= 15 is 0 Å². The molecule has 0 saturated carbocycles. The number of halogens is 1. The molecule has 82 valence electrons. The first-order chi connectivity index (χ1) is 7.29. The lowest BCUT2D eigenvalue weighted by molar-refractivity contribution is 0.161. The van der Waals surface area contributed by atoms with E-state index in [1.807, 2.05) is 6.07 Å². The van der Waals surface area contributed by atoms with Crippen LogP contribution in [0.4, 0.5) is 5.82 Å². The van der Waals surface area contributed by atoms with E-state index in [-0.39, 0.29) is 0 Å². The maximum absolute atomic E-state index is 5.16. The Morgan fingerprint density at radius 1 is 1.60 bits per heavy atom. The molecule has 1 aromatic rings. The molecular formula is C10H14BrN3O. The number of methoxy groups -OCH3 is 1. The minimum atomic E-state index is 0.628. The predicted octanol–water partition coefficient (Wildman–Crippen LogP) is 1.71. The molecule has 1 aliphatic rings. The van der Waals surface area contributed by atoms with Gasteiger partial charge in [0, 0.05) is 32.2 Å². The van der Waals surface area contributed by atoms with Crippen molar-refractivity contribution >= 4 is 21.7 Å². The van der Waals surface area contributed by atoms with Crippen LogP contribution in [0.1, 0.15) is 6.42 Å². The first-order valence-electron chi connectivity index (χ1n) is 5.01. The van der Waals surface area contributed by atoms with Crippen molar-refractivity contribution in [2.45, 2.75) is 6.42 Å². The van der Waals surface area contributed by atoms with Gasteiger partial charge < -0.3 is 9.64 Å². The van der Waals surface area contributed by atoms with E-state index in [0.29, 0.717) is 5.92 Å². The predicted molar refractivity (Wildman–Crippen MR) is 61.9 cm³/mol. The first kappa shape index (κ1) is 10.8. The summed E-state index contributed by atoms with van der Waals surface area (Å²) in [6.07, 6.45) is 2.76. The molecule has 1 fully saturated rings. The van der Waals surface area contributed by atoms with E-state index in [4.69, 9.17) is 4.74 Å². The van der Waals surface area contributed by atoms with Crippen molar-refractivity contribution in [1.82, 2.24) is 9.97 Å². The van der Waals surface area contributed by atoms with Gasteiger partial charge in [0.1, 0.15) is 16.7 Å². The van der Waals surface area contributed by atoms with Crippen LogP contribution in [0.5, 0.6) is 0 Å². The highest BCUT2D eigenvalue weighted by molar-refractivity contribution is 9.10. The topological polar surface area (TPSA) is 38.2 Å². The van der Waals surface area contributed by atoms with Gasteiger partial charge in [-0.2, -0.15) is 0 Å². The summed E-state index contributed by atoms with van der Waals surface area (Å²) in [5.74, 6) is 1.62. The Kier molecular flexibility index (Phi) is 3.53. The van der Waals surface area contributed by atoms with Crippen LogP contribution in [0.25, 0.3) is 0 Å². The normalized spacial score (nSPS) is 20.9. The van der Waals surface area contributed by atoms with Gasteiger partial charge in [0.25, 0.3) is 0 Å². The lowest BCUT2D eigenvalue weighted by Gasteiger charge is -2.16. The van der Waals surface area contributed by atoms with Gasteiger partial charge in [-0.3, -0.25) is 0 Å². The molecule has 4 nitrogen and oxygen atoms in total. The van der Waals surface area contributed by atoms with E-state index < -0.39 is 0 Å². The number of hydrogen-bond acceptors (Lipinski definition) is 4. The third-order valence-electron chi connectivity index (χ3n) is 2.63. The highest BCUT2D eigenvalue weighted by atomic mass is 79.9. The fourth-order valence-corrected chi connectivity index (χ4v) is 2.21.